The SMILES string of the molecule is CCC(=O)N1CC2(CC2)NCC12CC2. The van der Waals surface area contributed by atoms with E-state index >= 15 is 0 Å². The molecule has 2 spiro atoms. The lowest BCUT2D eigenvalue weighted by Crippen LogP contribution is -2.61. The molecule has 1 N–H and O–H groups in total. The van der Waals surface area contributed by atoms with Crippen molar-refractivity contribution in [2.24, 2.45) is 0 Å². The molecule has 3 nitrogen and oxygen atoms in total. The summed E-state index contributed by atoms with van der Waals surface area (Å²) in [6.07, 6.45) is 5.61. The smallest absolute Gasteiger partial charge is 0.222 e. The first-order valence-electron chi connectivity index (χ1n) is 5.75. The third kappa shape index (κ3) is 1.11. The van der Waals surface area contributed by atoms with Crippen LogP contribution < -0.4 is 5.32 Å². The maximum absolute atomic E-state index is 11.8. The van der Waals surface area contributed by atoms with E-state index in [1.165, 1.54) is 25.7 Å². The molecule has 0 unspecified atom stereocenters. The van der Waals surface area contributed by atoms with Crippen molar-refractivity contribution in [3.63, 3.8) is 0 Å². The van der Waals surface area contributed by atoms with Gasteiger partial charge in [-0.2, -0.15) is 0 Å². The van der Waals surface area contributed by atoms with Crippen LogP contribution in [0.3, 0.4) is 0 Å². The van der Waals surface area contributed by atoms with Crippen LogP contribution in [0.2, 0.25) is 0 Å². The molecule has 0 radical (unpaired) electrons. The Bertz CT molecular complexity index is 279. The molecule has 1 saturated heterocycles. The Kier molecular flexibility index (Phi) is 1.56. The molecule has 0 aromatic rings. The molecule has 2 aliphatic carbocycles. The first-order chi connectivity index (χ1) is 6.70. The molecule has 3 fully saturated rings. The van der Waals surface area contributed by atoms with E-state index in [2.05, 4.69) is 10.2 Å². The Morgan fingerprint density at radius 3 is 2.57 bits per heavy atom. The highest BCUT2D eigenvalue weighted by Crippen LogP contribution is 2.49. The molecule has 0 aromatic heterocycles. The molecule has 1 aliphatic heterocycles. The van der Waals surface area contributed by atoms with Crippen LogP contribution in [0.5, 0.6) is 0 Å². The molecule has 1 amide bonds. The Balaban J connectivity index is 1.80. The van der Waals surface area contributed by atoms with Gasteiger partial charge in [-0.25, -0.2) is 0 Å². The quantitative estimate of drug-likeness (QED) is 0.672. The molecule has 78 valence electrons. The zero-order chi connectivity index (χ0) is 9.81. The van der Waals surface area contributed by atoms with E-state index in [4.69, 9.17) is 0 Å². The highest BCUT2D eigenvalue weighted by molar-refractivity contribution is 5.77. The van der Waals surface area contributed by atoms with Crippen LogP contribution in [0, 0.1) is 0 Å². The van der Waals surface area contributed by atoms with E-state index in [1.807, 2.05) is 6.92 Å². The third-order valence-corrected chi connectivity index (χ3v) is 4.11. The van der Waals surface area contributed by atoms with Crippen molar-refractivity contribution in [1.29, 1.82) is 0 Å². The summed E-state index contributed by atoms with van der Waals surface area (Å²) in [6, 6.07) is 0. The van der Waals surface area contributed by atoms with Crippen LogP contribution in [0.15, 0.2) is 0 Å². The van der Waals surface area contributed by atoms with Crippen molar-refractivity contribution in [2.75, 3.05) is 13.1 Å². The summed E-state index contributed by atoms with van der Waals surface area (Å²) in [5.74, 6) is 0.357. The topological polar surface area (TPSA) is 32.3 Å². The van der Waals surface area contributed by atoms with Crippen molar-refractivity contribution < 1.29 is 4.79 Å². The molecular weight excluding hydrogens is 176 g/mol. The Morgan fingerprint density at radius 2 is 2.07 bits per heavy atom. The predicted octanol–water partition coefficient (Wildman–Crippen LogP) is 0.893. The summed E-state index contributed by atoms with van der Waals surface area (Å²) < 4.78 is 0. The van der Waals surface area contributed by atoms with E-state index in [0.29, 0.717) is 17.9 Å². The summed E-state index contributed by atoms with van der Waals surface area (Å²) in [5.41, 5.74) is 0.569. The van der Waals surface area contributed by atoms with Crippen molar-refractivity contribution in [3.8, 4) is 0 Å². The molecule has 3 rings (SSSR count). The molecule has 1 heterocycles. The number of amides is 1. The van der Waals surface area contributed by atoms with Crippen molar-refractivity contribution >= 4 is 5.91 Å². The highest BCUT2D eigenvalue weighted by atomic mass is 16.2. The lowest BCUT2D eigenvalue weighted by molar-refractivity contribution is -0.136. The van der Waals surface area contributed by atoms with Crippen LogP contribution in [0.25, 0.3) is 0 Å². The van der Waals surface area contributed by atoms with E-state index in [0.717, 1.165) is 13.1 Å². The van der Waals surface area contributed by atoms with Crippen LogP contribution in [0.1, 0.15) is 39.0 Å². The first kappa shape index (κ1) is 8.72. The van der Waals surface area contributed by atoms with E-state index in [9.17, 15) is 4.79 Å². The van der Waals surface area contributed by atoms with Gasteiger partial charge in [0.2, 0.25) is 5.91 Å². The largest absolute Gasteiger partial charge is 0.334 e. The van der Waals surface area contributed by atoms with Crippen LogP contribution in [-0.4, -0.2) is 35.0 Å². The fourth-order valence-electron chi connectivity index (χ4n) is 2.59. The van der Waals surface area contributed by atoms with Gasteiger partial charge in [0.15, 0.2) is 0 Å². The average molecular weight is 194 g/mol. The second-order valence-electron chi connectivity index (χ2n) is 5.19. The van der Waals surface area contributed by atoms with Crippen molar-refractivity contribution in [2.45, 2.75) is 50.1 Å². The summed E-state index contributed by atoms with van der Waals surface area (Å²) in [6.45, 7) is 3.98. The number of rotatable bonds is 1. The number of hydrogen-bond acceptors (Lipinski definition) is 2. The number of piperazine rings is 1. The molecule has 0 aromatic carbocycles. The zero-order valence-electron chi connectivity index (χ0n) is 8.81. The van der Waals surface area contributed by atoms with Gasteiger partial charge in [-0.15, -0.1) is 0 Å². The minimum Gasteiger partial charge on any atom is -0.334 e. The Hall–Kier alpha value is -0.570. The Labute approximate surface area is 84.8 Å². The minimum absolute atomic E-state index is 0.237. The molecule has 0 bridgehead atoms. The maximum atomic E-state index is 11.8. The zero-order valence-corrected chi connectivity index (χ0v) is 8.81. The van der Waals surface area contributed by atoms with Gasteiger partial charge in [-0.3, -0.25) is 4.79 Å². The first-order valence-corrected chi connectivity index (χ1v) is 5.75. The predicted molar refractivity (Wildman–Crippen MR) is 53.9 cm³/mol. The van der Waals surface area contributed by atoms with Gasteiger partial charge < -0.3 is 10.2 Å². The van der Waals surface area contributed by atoms with Crippen LogP contribution in [0.4, 0.5) is 0 Å². The van der Waals surface area contributed by atoms with Gasteiger partial charge >= 0.3 is 0 Å². The van der Waals surface area contributed by atoms with Crippen LogP contribution in [-0.2, 0) is 4.79 Å². The molecule has 3 aliphatic rings. The summed E-state index contributed by atoms with van der Waals surface area (Å²) in [4.78, 5) is 14.0. The fourth-order valence-corrected chi connectivity index (χ4v) is 2.59. The number of carbonyl (C=O) groups excluding carboxylic acids is 1. The van der Waals surface area contributed by atoms with E-state index < -0.39 is 0 Å². The van der Waals surface area contributed by atoms with Gasteiger partial charge in [0, 0.05) is 25.0 Å². The number of nitrogens with zero attached hydrogens (tertiary/aromatic N) is 1. The lowest BCUT2D eigenvalue weighted by Gasteiger charge is -2.41. The lowest BCUT2D eigenvalue weighted by atomic mass is 10.1. The van der Waals surface area contributed by atoms with Crippen molar-refractivity contribution in [1.82, 2.24) is 10.2 Å². The fraction of sp³-hybridized carbons (Fsp3) is 0.909. The van der Waals surface area contributed by atoms with Gasteiger partial charge in [0.1, 0.15) is 0 Å². The number of carbonyl (C=O) groups is 1. The van der Waals surface area contributed by atoms with E-state index in [1.54, 1.807) is 0 Å². The highest BCUT2D eigenvalue weighted by Gasteiger charge is 2.59. The van der Waals surface area contributed by atoms with Gasteiger partial charge in [0.25, 0.3) is 0 Å². The van der Waals surface area contributed by atoms with Gasteiger partial charge in [0.05, 0.1) is 5.54 Å². The summed E-state index contributed by atoms with van der Waals surface area (Å²) in [5, 5.41) is 3.64. The molecular formula is C11H18N2O. The standard InChI is InChI=1S/C11H18N2O/c1-2-9(14)13-8-10(3-4-10)12-7-11(13)5-6-11/h12H,2-8H2,1H3. The van der Waals surface area contributed by atoms with Crippen molar-refractivity contribution in [3.05, 3.63) is 0 Å². The Morgan fingerprint density at radius 1 is 1.36 bits per heavy atom. The summed E-state index contributed by atoms with van der Waals surface area (Å²) >= 11 is 0. The molecule has 3 heteroatoms. The summed E-state index contributed by atoms with van der Waals surface area (Å²) in [7, 11) is 0. The molecule has 2 saturated carbocycles. The molecule has 0 atom stereocenters. The maximum Gasteiger partial charge on any atom is 0.222 e. The third-order valence-electron chi connectivity index (χ3n) is 4.11. The van der Waals surface area contributed by atoms with Gasteiger partial charge in [-0.05, 0) is 25.7 Å². The molecule has 14 heavy (non-hydrogen) atoms. The van der Waals surface area contributed by atoms with Crippen LogP contribution >= 0.6 is 0 Å². The van der Waals surface area contributed by atoms with Gasteiger partial charge in [-0.1, -0.05) is 6.92 Å². The number of hydrogen-bond donors (Lipinski definition) is 1. The second-order valence-corrected chi connectivity index (χ2v) is 5.19. The second kappa shape index (κ2) is 2.51. The minimum atomic E-state index is 0.237. The monoisotopic (exact) mass is 194 g/mol. The average Bonchev–Trinajstić information content (AvgIpc) is 3.06. The normalized spacial score (nSPS) is 30.8. The van der Waals surface area contributed by atoms with E-state index in [-0.39, 0.29) is 5.54 Å². The number of nitrogens with one attached hydrogen (secondary N) is 1.